The molecule has 0 aliphatic carbocycles. The van der Waals surface area contributed by atoms with Gasteiger partial charge in [0.1, 0.15) is 9.85 Å². The number of hydrogen-bond donors (Lipinski definition) is 2. The summed E-state index contributed by atoms with van der Waals surface area (Å²) < 4.78 is 0. The maximum atomic E-state index is 10.3. The van der Waals surface area contributed by atoms with Gasteiger partial charge in [-0.05, 0) is 0 Å². The number of hydrogen-bond acceptors (Lipinski definition) is 9. The molecule has 0 aliphatic rings. The Morgan fingerprint density at radius 3 is 1.80 bits per heavy atom. The third-order valence-corrected chi connectivity index (χ3v) is 1.34. The first-order valence-electron chi connectivity index (χ1n) is 3.20. The van der Waals surface area contributed by atoms with Gasteiger partial charge in [-0.2, -0.15) is 4.84 Å². The molecule has 0 fully saturated rings. The number of aliphatic hydroxyl groups excluding tert-OH is 2. The maximum Gasteiger partial charge on any atom is 0.642 e. The lowest BCUT2D eigenvalue weighted by Gasteiger charge is -2.17. The van der Waals surface area contributed by atoms with Crippen molar-refractivity contribution in [3.63, 3.8) is 0 Å². The summed E-state index contributed by atoms with van der Waals surface area (Å²) in [6.45, 7) is -1.45. The first-order chi connectivity index (χ1) is 6.78. The molecule has 15 heavy (non-hydrogen) atoms. The van der Waals surface area contributed by atoms with Gasteiger partial charge in [-0.15, -0.1) is 10.1 Å². The van der Waals surface area contributed by atoms with Crippen LogP contribution < -0.4 is 0 Å². The van der Waals surface area contributed by atoms with Crippen LogP contribution in [0.1, 0.15) is 0 Å². The molecule has 1 unspecified atom stereocenters. The minimum atomic E-state index is -3.92. The lowest BCUT2D eigenvalue weighted by molar-refractivity contribution is -0.968. The van der Waals surface area contributed by atoms with E-state index in [0.717, 1.165) is 0 Å². The Morgan fingerprint density at radius 1 is 1.20 bits per heavy atom. The zero-order chi connectivity index (χ0) is 12.2. The van der Waals surface area contributed by atoms with Gasteiger partial charge in [0.15, 0.2) is 0 Å². The van der Waals surface area contributed by atoms with E-state index < -0.39 is 33.5 Å². The summed E-state index contributed by atoms with van der Waals surface area (Å²) in [6.07, 6.45) is -2.67. The summed E-state index contributed by atoms with van der Waals surface area (Å²) in [6, 6.07) is 0. The molecular weight excluding hydrogens is 222 g/mol. The van der Waals surface area contributed by atoms with Crippen LogP contribution >= 0.6 is 0 Å². The van der Waals surface area contributed by atoms with Crippen LogP contribution in [0.4, 0.5) is 0 Å². The topological polar surface area (TPSA) is 179 Å². The molecular formula is C3H5N3O9. The second-order valence-electron chi connectivity index (χ2n) is 2.19. The highest BCUT2D eigenvalue weighted by molar-refractivity contribution is 4.64. The molecule has 12 nitrogen and oxygen atoms in total. The normalized spacial score (nSPS) is 12.9. The van der Waals surface area contributed by atoms with Gasteiger partial charge in [-0.3, -0.25) is 20.2 Å². The average Bonchev–Trinajstić information content (AvgIpc) is 2.11. The molecule has 0 aromatic carbocycles. The average molecular weight is 227 g/mol. The van der Waals surface area contributed by atoms with Crippen LogP contribution in [0.2, 0.25) is 0 Å². The van der Waals surface area contributed by atoms with Gasteiger partial charge in [0, 0.05) is 0 Å². The van der Waals surface area contributed by atoms with Crippen molar-refractivity contribution in [1.29, 1.82) is 0 Å². The van der Waals surface area contributed by atoms with Gasteiger partial charge in [0.05, 0.1) is 6.61 Å². The zero-order valence-electron chi connectivity index (χ0n) is 6.88. The van der Waals surface area contributed by atoms with Gasteiger partial charge >= 0.3 is 10.9 Å². The summed E-state index contributed by atoms with van der Waals surface area (Å²) in [5, 5.41) is 45.7. The maximum absolute atomic E-state index is 10.3. The van der Waals surface area contributed by atoms with Crippen LogP contribution in [-0.4, -0.2) is 43.7 Å². The van der Waals surface area contributed by atoms with Crippen LogP contribution in [0, 0.1) is 30.3 Å². The second-order valence-corrected chi connectivity index (χ2v) is 2.19. The minimum Gasteiger partial charge on any atom is -0.393 e. The highest BCUT2D eigenvalue weighted by Gasteiger charge is 2.68. The lowest BCUT2D eigenvalue weighted by Crippen LogP contribution is -2.60. The van der Waals surface area contributed by atoms with E-state index in [1.165, 1.54) is 0 Å². The quantitative estimate of drug-likeness (QED) is 0.288. The third kappa shape index (κ3) is 2.23. The molecule has 0 aromatic rings. The van der Waals surface area contributed by atoms with Gasteiger partial charge < -0.3 is 10.2 Å². The van der Waals surface area contributed by atoms with E-state index >= 15 is 0 Å². The number of aliphatic hydroxyl groups is 2. The number of nitrogens with zero attached hydrogens (tertiary/aromatic N) is 3. The van der Waals surface area contributed by atoms with E-state index in [1.807, 2.05) is 0 Å². The standard InChI is InChI=1S/C3H5N3O9/c7-1-2(8)3(4(9)10,5(11)12)15-6(13)14/h2,7-8H,1H2. The predicted octanol–water partition coefficient (Wildman–Crippen LogP) is -2.24. The van der Waals surface area contributed by atoms with Crippen molar-refractivity contribution in [1.82, 2.24) is 0 Å². The SMILES string of the molecule is O=[N+]([O-])OC(C(O)CO)([N+](=O)[O-])[N+](=O)[O-]. The molecule has 0 radical (unpaired) electrons. The lowest BCUT2D eigenvalue weighted by atomic mass is 10.2. The fourth-order valence-corrected chi connectivity index (χ4v) is 0.666. The first-order valence-corrected chi connectivity index (χ1v) is 3.20. The van der Waals surface area contributed by atoms with Crippen molar-refractivity contribution in [2.45, 2.75) is 12.0 Å². The van der Waals surface area contributed by atoms with E-state index in [2.05, 4.69) is 4.84 Å². The van der Waals surface area contributed by atoms with Gasteiger partial charge in [-0.1, -0.05) is 0 Å². The number of nitro groups is 2. The van der Waals surface area contributed by atoms with Gasteiger partial charge in [0.25, 0.3) is 6.10 Å². The Labute approximate surface area is 80.1 Å². The fraction of sp³-hybridized carbons (Fsp3) is 1.00. The molecule has 0 aromatic heterocycles. The molecule has 2 N–H and O–H groups in total. The zero-order valence-corrected chi connectivity index (χ0v) is 6.88. The highest BCUT2D eigenvalue weighted by Crippen LogP contribution is 2.18. The van der Waals surface area contributed by atoms with E-state index in [9.17, 15) is 30.3 Å². The predicted molar refractivity (Wildman–Crippen MR) is 37.9 cm³/mol. The van der Waals surface area contributed by atoms with Crippen LogP contribution in [0.3, 0.4) is 0 Å². The van der Waals surface area contributed by atoms with E-state index in [-0.39, 0.29) is 0 Å². The van der Waals surface area contributed by atoms with Gasteiger partial charge in [-0.25, -0.2) is 0 Å². The van der Waals surface area contributed by atoms with E-state index in [0.29, 0.717) is 0 Å². The highest BCUT2D eigenvalue weighted by atomic mass is 17.0. The van der Waals surface area contributed by atoms with Crippen molar-refractivity contribution in [2.75, 3.05) is 6.61 Å². The van der Waals surface area contributed by atoms with Crippen molar-refractivity contribution < 1.29 is 30.0 Å². The molecule has 86 valence electrons. The minimum absolute atomic E-state index is 1.45. The molecule has 12 heteroatoms. The Morgan fingerprint density at radius 2 is 1.60 bits per heavy atom. The smallest absolute Gasteiger partial charge is 0.393 e. The van der Waals surface area contributed by atoms with Crippen molar-refractivity contribution in [3.05, 3.63) is 30.3 Å². The van der Waals surface area contributed by atoms with Crippen LogP contribution in [0.25, 0.3) is 0 Å². The van der Waals surface area contributed by atoms with E-state index in [1.54, 1.807) is 0 Å². The molecule has 0 saturated heterocycles. The van der Waals surface area contributed by atoms with Crippen molar-refractivity contribution in [3.8, 4) is 0 Å². The Bertz CT molecular complexity index is 274. The fourth-order valence-electron chi connectivity index (χ4n) is 0.666. The summed E-state index contributed by atoms with van der Waals surface area (Å²) in [4.78, 5) is 30.0. The molecule has 0 bridgehead atoms. The molecule has 0 spiro atoms. The molecule has 0 amide bonds. The number of rotatable bonds is 6. The Kier molecular flexibility index (Phi) is 3.81. The van der Waals surface area contributed by atoms with Crippen molar-refractivity contribution in [2.24, 2.45) is 0 Å². The van der Waals surface area contributed by atoms with Crippen LogP contribution in [0.15, 0.2) is 0 Å². The van der Waals surface area contributed by atoms with E-state index in [4.69, 9.17) is 10.2 Å². The second kappa shape index (κ2) is 4.43. The monoisotopic (exact) mass is 227 g/mol. The molecule has 0 rings (SSSR count). The summed E-state index contributed by atoms with van der Waals surface area (Å²) >= 11 is 0. The molecule has 1 atom stereocenters. The third-order valence-electron chi connectivity index (χ3n) is 1.34. The van der Waals surface area contributed by atoms with Crippen molar-refractivity contribution >= 4 is 0 Å². The van der Waals surface area contributed by atoms with Crippen LogP contribution in [0.5, 0.6) is 0 Å². The Hall–Kier alpha value is -2.08. The van der Waals surface area contributed by atoms with Gasteiger partial charge in [0.2, 0.25) is 0 Å². The summed E-state index contributed by atoms with van der Waals surface area (Å²) in [5.41, 5.74) is 0. The Balaban J connectivity index is 5.36. The van der Waals surface area contributed by atoms with Crippen LogP contribution in [-0.2, 0) is 4.84 Å². The first kappa shape index (κ1) is 12.9. The molecule has 0 saturated carbocycles. The molecule has 0 aliphatic heterocycles. The summed E-state index contributed by atoms with van der Waals surface area (Å²) in [7, 11) is 0. The largest absolute Gasteiger partial charge is 0.642 e. The molecule has 0 heterocycles. The summed E-state index contributed by atoms with van der Waals surface area (Å²) in [5.74, 6) is -3.92.